The van der Waals surface area contributed by atoms with Gasteiger partial charge in [0.25, 0.3) is 0 Å². The molecule has 0 aromatic heterocycles. The summed E-state index contributed by atoms with van der Waals surface area (Å²) in [5.74, 6) is -7.56. The summed E-state index contributed by atoms with van der Waals surface area (Å²) >= 11 is 0. The van der Waals surface area contributed by atoms with Crippen LogP contribution in [0.4, 0.5) is 0 Å². The highest BCUT2D eigenvalue weighted by Crippen LogP contribution is 2.23. The Morgan fingerprint density at radius 3 is 1.99 bits per heavy atom. The van der Waals surface area contributed by atoms with Crippen molar-refractivity contribution in [1.29, 1.82) is 0 Å². The van der Waals surface area contributed by atoms with Gasteiger partial charge in [-0.25, -0.2) is 0 Å². The van der Waals surface area contributed by atoms with E-state index in [4.69, 9.17) is 4.74 Å². The Kier molecular flexibility index (Phi) is 24.0. The van der Waals surface area contributed by atoms with Crippen LogP contribution in [0.25, 0.3) is 0 Å². The number of carbonyl (C=O) groups is 9. The third kappa shape index (κ3) is 19.4. The summed E-state index contributed by atoms with van der Waals surface area (Å²) in [5, 5.41) is 26.5. The molecular formula is C54H81N7O11. The van der Waals surface area contributed by atoms with E-state index in [1.165, 1.54) is 25.9 Å². The molecule has 3 rings (SSSR count). The first-order valence-electron chi connectivity index (χ1n) is 25.3. The first-order chi connectivity index (χ1) is 33.9. The zero-order chi connectivity index (χ0) is 53.9. The van der Waals surface area contributed by atoms with E-state index in [0.717, 1.165) is 0 Å². The Morgan fingerprint density at radius 1 is 0.819 bits per heavy atom. The standard InChI is InChI=1S/C54H81N7O11/c1-12-33(4)46-44(64)28-34(5)47(60-48(66)38(29-35(6)63)22-25-45(65)55-10)52(70)57-41(27-32(2)3)50(68)56-40(19-16-26-62)49(67)58-42(30-36-17-14-13-15-18-36)53(71)61(11)43(51(69)59-46)31-37-20-23-39(24-21-37)72-54(7,8)9/h13-15,17-18,20-21,23-24,32-34,38,40-43,46-47,62H,12,16,19,22,25-31H2,1-11H3,(H,55,65)(H,56,68)(H,57,70)(H,58,67)(H,59,69)(H,60,66)/t33-,34-,38+,40-,41-,42-,43-,46-,47-/m0/s1. The maximum atomic E-state index is 15.0. The second kappa shape index (κ2) is 28.8. The molecule has 1 aliphatic heterocycles. The average Bonchev–Trinajstić information content (AvgIpc) is 3.32. The van der Waals surface area contributed by atoms with E-state index in [-0.39, 0.29) is 82.0 Å². The highest BCUT2D eigenvalue weighted by molar-refractivity contribution is 5.98. The minimum absolute atomic E-state index is 0.00627. The van der Waals surface area contributed by atoms with Gasteiger partial charge in [0.05, 0.1) is 6.04 Å². The van der Waals surface area contributed by atoms with Crippen LogP contribution in [-0.2, 0) is 56.0 Å². The maximum Gasteiger partial charge on any atom is 0.245 e. The summed E-state index contributed by atoms with van der Waals surface area (Å²) in [6.07, 6.45) is -0.176. The lowest BCUT2D eigenvalue weighted by molar-refractivity contribution is -0.143. The zero-order valence-electron chi connectivity index (χ0n) is 44.2. The number of rotatable bonds is 19. The molecule has 1 fully saturated rings. The van der Waals surface area contributed by atoms with Crippen molar-refractivity contribution < 1.29 is 53.0 Å². The number of likely N-dealkylation sites (N-methyl/N-ethyl adjacent to an activating group) is 1. The van der Waals surface area contributed by atoms with Crippen LogP contribution in [0.5, 0.6) is 5.75 Å². The fourth-order valence-electron chi connectivity index (χ4n) is 8.63. The molecule has 1 saturated heterocycles. The van der Waals surface area contributed by atoms with Crippen molar-refractivity contribution in [3.8, 4) is 5.75 Å². The van der Waals surface area contributed by atoms with Gasteiger partial charge >= 0.3 is 0 Å². The maximum absolute atomic E-state index is 15.0. The second-order valence-corrected chi connectivity index (χ2v) is 20.7. The lowest BCUT2D eigenvalue weighted by atomic mass is 9.86. The van der Waals surface area contributed by atoms with Crippen LogP contribution in [0.15, 0.2) is 54.6 Å². The number of benzene rings is 2. The fourth-order valence-corrected chi connectivity index (χ4v) is 8.63. The van der Waals surface area contributed by atoms with Gasteiger partial charge in [-0.2, -0.15) is 0 Å². The van der Waals surface area contributed by atoms with Gasteiger partial charge in [0, 0.05) is 58.7 Å². The van der Waals surface area contributed by atoms with Crippen LogP contribution in [-0.4, -0.2) is 125 Å². The molecule has 18 nitrogen and oxygen atoms in total. The molecule has 7 N–H and O–H groups in total. The SMILES string of the molecule is CC[C@H](C)[C@@H]1NC(=O)[C@H](Cc2ccc(OC(C)(C)C)cc2)N(C)C(=O)[C@H](Cc2ccccc2)NC(=O)[C@H](CCCO)NC(=O)[C@H](CC(C)C)NC(=O)[C@@H](NC(=O)[C@H](CCC(=O)NC)CC(C)=O)[C@@H](C)CC1=O. The Morgan fingerprint density at radius 2 is 1.42 bits per heavy atom. The van der Waals surface area contributed by atoms with E-state index in [2.05, 4.69) is 31.9 Å². The quantitative estimate of drug-likeness (QED) is 0.107. The first-order valence-corrected chi connectivity index (χ1v) is 25.3. The number of ketones is 2. The van der Waals surface area contributed by atoms with Gasteiger partial charge in [-0.15, -0.1) is 0 Å². The monoisotopic (exact) mass is 1000 g/mol. The Hall–Kier alpha value is -6.17. The van der Waals surface area contributed by atoms with Crippen LogP contribution in [0.2, 0.25) is 0 Å². The number of aliphatic hydroxyl groups is 1. The predicted octanol–water partition coefficient (Wildman–Crippen LogP) is 3.50. The smallest absolute Gasteiger partial charge is 0.245 e. The molecule has 7 amide bonds. The lowest BCUT2D eigenvalue weighted by Gasteiger charge is -2.34. The number of amides is 7. The van der Waals surface area contributed by atoms with Crippen LogP contribution in [0, 0.1) is 23.7 Å². The first kappa shape index (κ1) is 60.1. The topological polar surface area (TPSA) is 259 Å². The van der Waals surface area contributed by atoms with Crippen LogP contribution in [0.1, 0.15) is 125 Å². The number of nitrogens with one attached hydrogen (secondary N) is 6. The Labute approximate surface area is 425 Å². The molecule has 18 heteroatoms. The highest BCUT2D eigenvalue weighted by Gasteiger charge is 2.40. The lowest BCUT2D eigenvalue weighted by Crippen LogP contribution is -2.60. The van der Waals surface area contributed by atoms with Gasteiger partial charge < -0.3 is 51.4 Å². The van der Waals surface area contributed by atoms with Crippen molar-refractivity contribution in [2.75, 3.05) is 20.7 Å². The molecule has 398 valence electrons. The van der Waals surface area contributed by atoms with Gasteiger partial charge in [0.2, 0.25) is 41.4 Å². The Bertz CT molecular complexity index is 2160. The second-order valence-electron chi connectivity index (χ2n) is 20.7. The molecule has 1 heterocycles. The largest absolute Gasteiger partial charge is 0.488 e. The molecule has 0 bridgehead atoms. The van der Waals surface area contributed by atoms with E-state index in [1.54, 1.807) is 68.4 Å². The van der Waals surface area contributed by atoms with Crippen molar-refractivity contribution in [3.63, 3.8) is 0 Å². The fraction of sp³-hybridized carbons (Fsp3) is 0.611. The number of ether oxygens (including phenoxy) is 1. The van der Waals surface area contributed by atoms with Crippen molar-refractivity contribution >= 4 is 52.9 Å². The van der Waals surface area contributed by atoms with Gasteiger partial charge in [-0.3, -0.25) is 38.4 Å². The zero-order valence-corrected chi connectivity index (χ0v) is 44.2. The van der Waals surface area contributed by atoms with Crippen LogP contribution >= 0.6 is 0 Å². The third-order valence-electron chi connectivity index (χ3n) is 12.8. The van der Waals surface area contributed by atoms with E-state index in [1.807, 2.05) is 41.5 Å². The molecule has 0 unspecified atom stereocenters. The van der Waals surface area contributed by atoms with Crippen molar-refractivity contribution in [2.24, 2.45) is 23.7 Å². The number of carbonyl (C=O) groups excluding carboxylic acids is 9. The molecule has 72 heavy (non-hydrogen) atoms. The summed E-state index contributed by atoms with van der Waals surface area (Å²) in [4.78, 5) is 128. The molecular weight excluding hydrogens is 923 g/mol. The van der Waals surface area contributed by atoms with Crippen LogP contribution < -0.4 is 36.6 Å². The molecule has 0 spiro atoms. The number of Topliss-reactive ketones (excluding diaryl/α,β-unsaturated/α-hetero) is 2. The van der Waals surface area contributed by atoms with Crippen molar-refractivity contribution in [1.82, 2.24) is 36.8 Å². The van der Waals surface area contributed by atoms with E-state index in [9.17, 15) is 48.3 Å². The van der Waals surface area contributed by atoms with Crippen molar-refractivity contribution in [3.05, 3.63) is 65.7 Å². The summed E-state index contributed by atoms with van der Waals surface area (Å²) < 4.78 is 6.03. The third-order valence-corrected chi connectivity index (χ3v) is 12.8. The molecule has 1 aliphatic rings. The predicted molar refractivity (Wildman–Crippen MR) is 273 cm³/mol. The minimum Gasteiger partial charge on any atom is -0.488 e. The molecule has 2 aromatic carbocycles. The average molecular weight is 1000 g/mol. The summed E-state index contributed by atoms with van der Waals surface area (Å²) in [6.45, 7) is 15.6. The molecule has 0 saturated carbocycles. The summed E-state index contributed by atoms with van der Waals surface area (Å²) in [6, 6.07) is 8.33. The number of aliphatic hydroxyl groups excluding tert-OH is 1. The van der Waals surface area contributed by atoms with Gasteiger partial charge in [-0.1, -0.05) is 83.5 Å². The van der Waals surface area contributed by atoms with E-state index < -0.39 is 101 Å². The number of nitrogens with zero attached hydrogens (tertiary/aromatic N) is 1. The van der Waals surface area contributed by atoms with Gasteiger partial charge in [0.15, 0.2) is 5.78 Å². The normalized spacial score (nSPS) is 23.0. The van der Waals surface area contributed by atoms with E-state index >= 15 is 0 Å². The van der Waals surface area contributed by atoms with E-state index in [0.29, 0.717) is 23.3 Å². The molecule has 0 radical (unpaired) electrons. The molecule has 9 atom stereocenters. The van der Waals surface area contributed by atoms with Crippen LogP contribution in [0.3, 0.4) is 0 Å². The van der Waals surface area contributed by atoms with Gasteiger partial charge in [0.1, 0.15) is 47.3 Å². The number of hydrogen-bond donors (Lipinski definition) is 7. The number of hydrogen-bond acceptors (Lipinski definition) is 11. The van der Waals surface area contributed by atoms with Gasteiger partial charge in [-0.05, 0) is 94.4 Å². The Balaban J connectivity index is 2.28. The minimum atomic E-state index is -1.47. The summed E-state index contributed by atoms with van der Waals surface area (Å²) in [7, 11) is 2.90. The van der Waals surface area contributed by atoms with Crippen molar-refractivity contribution in [2.45, 2.75) is 168 Å². The molecule has 0 aliphatic carbocycles. The molecule has 2 aromatic rings. The highest BCUT2D eigenvalue weighted by atomic mass is 16.5. The summed E-state index contributed by atoms with van der Waals surface area (Å²) in [5.41, 5.74) is 0.855.